The SMILES string of the molecule is O=C(c1ccc(S(=O)(=O)N2CCCC2)cc1)N1CCN(Cc2nnnn2-c2ccc(F)c(F)c2)CC1. The monoisotopic (exact) mass is 517 g/mol. The van der Waals surface area contributed by atoms with Crippen molar-refractivity contribution in [3.8, 4) is 5.69 Å². The summed E-state index contributed by atoms with van der Waals surface area (Å²) in [6.07, 6.45) is 1.73. The number of sulfonamides is 1. The number of carbonyl (C=O) groups is 1. The van der Waals surface area contributed by atoms with Crippen molar-refractivity contribution in [1.29, 1.82) is 0 Å². The van der Waals surface area contributed by atoms with Gasteiger partial charge in [0.2, 0.25) is 10.0 Å². The molecule has 190 valence electrons. The molecule has 3 aromatic rings. The molecule has 2 aliphatic heterocycles. The lowest BCUT2D eigenvalue weighted by molar-refractivity contribution is 0.0624. The fourth-order valence-electron chi connectivity index (χ4n) is 4.46. The molecule has 2 saturated heterocycles. The van der Waals surface area contributed by atoms with Crippen LogP contribution in [-0.2, 0) is 16.6 Å². The predicted molar refractivity (Wildman–Crippen MR) is 125 cm³/mol. The van der Waals surface area contributed by atoms with Crippen LogP contribution in [0, 0.1) is 11.6 Å². The normalized spacial score (nSPS) is 17.6. The molecule has 0 bridgehead atoms. The Morgan fingerprint density at radius 2 is 1.58 bits per heavy atom. The number of piperazine rings is 1. The van der Waals surface area contributed by atoms with Gasteiger partial charge in [0.25, 0.3) is 5.91 Å². The number of benzene rings is 2. The lowest BCUT2D eigenvalue weighted by Gasteiger charge is -2.34. The molecule has 10 nitrogen and oxygen atoms in total. The lowest BCUT2D eigenvalue weighted by Crippen LogP contribution is -2.48. The van der Waals surface area contributed by atoms with Crippen molar-refractivity contribution in [3.63, 3.8) is 0 Å². The Morgan fingerprint density at radius 3 is 2.25 bits per heavy atom. The number of hydrogen-bond acceptors (Lipinski definition) is 7. The minimum atomic E-state index is -3.52. The summed E-state index contributed by atoms with van der Waals surface area (Å²) in [6, 6.07) is 9.57. The molecule has 0 N–H and O–H groups in total. The van der Waals surface area contributed by atoms with Crippen LogP contribution in [0.1, 0.15) is 29.0 Å². The Labute approximate surface area is 207 Å². The van der Waals surface area contributed by atoms with Gasteiger partial charge in [0.15, 0.2) is 17.5 Å². The topological polar surface area (TPSA) is 105 Å². The lowest BCUT2D eigenvalue weighted by atomic mass is 10.2. The van der Waals surface area contributed by atoms with E-state index in [2.05, 4.69) is 20.4 Å². The zero-order valence-corrected chi connectivity index (χ0v) is 20.2. The first-order chi connectivity index (χ1) is 17.3. The molecule has 0 aliphatic carbocycles. The highest BCUT2D eigenvalue weighted by Gasteiger charge is 2.28. The van der Waals surface area contributed by atoms with Gasteiger partial charge >= 0.3 is 0 Å². The van der Waals surface area contributed by atoms with Crippen molar-refractivity contribution in [2.45, 2.75) is 24.3 Å². The second kappa shape index (κ2) is 9.99. The van der Waals surface area contributed by atoms with Crippen LogP contribution in [0.25, 0.3) is 5.69 Å². The van der Waals surface area contributed by atoms with E-state index in [1.54, 1.807) is 17.0 Å². The molecule has 2 fully saturated rings. The minimum Gasteiger partial charge on any atom is -0.336 e. The molecule has 0 atom stereocenters. The second-order valence-corrected chi connectivity index (χ2v) is 10.7. The summed E-state index contributed by atoms with van der Waals surface area (Å²) in [5.41, 5.74) is 0.754. The first kappa shape index (κ1) is 24.4. The van der Waals surface area contributed by atoms with Gasteiger partial charge in [-0.3, -0.25) is 9.69 Å². The molecule has 2 aliphatic rings. The van der Waals surface area contributed by atoms with E-state index < -0.39 is 21.7 Å². The largest absolute Gasteiger partial charge is 0.336 e. The maximum Gasteiger partial charge on any atom is 0.253 e. The van der Waals surface area contributed by atoms with E-state index in [-0.39, 0.29) is 10.8 Å². The molecule has 5 rings (SSSR count). The highest BCUT2D eigenvalue weighted by Crippen LogP contribution is 2.22. The molecular weight excluding hydrogens is 492 g/mol. The Kier molecular flexibility index (Phi) is 6.77. The summed E-state index contributed by atoms with van der Waals surface area (Å²) < 4.78 is 55.1. The molecule has 1 amide bonds. The average molecular weight is 518 g/mol. The van der Waals surface area contributed by atoms with Crippen LogP contribution >= 0.6 is 0 Å². The van der Waals surface area contributed by atoms with Crippen LogP contribution in [-0.4, -0.2) is 87.9 Å². The zero-order valence-electron chi connectivity index (χ0n) is 19.4. The van der Waals surface area contributed by atoms with Gasteiger partial charge in [-0.25, -0.2) is 17.2 Å². The number of aromatic nitrogens is 4. The second-order valence-electron chi connectivity index (χ2n) is 8.81. The molecule has 1 aromatic heterocycles. The van der Waals surface area contributed by atoms with E-state index in [0.29, 0.717) is 62.9 Å². The zero-order chi connectivity index (χ0) is 25.3. The van der Waals surface area contributed by atoms with E-state index in [9.17, 15) is 22.0 Å². The summed E-state index contributed by atoms with van der Waals surface area (Å²) in [4.78, 5) is 17.0. The standard InChI is InChI=1S/C23H25F2N7O3S/c24-20-8-5-18(15-21(20)25)32-22(26-27-28-32)16-29-11-13-30(14-12-29)23(33)17-3-6-19(7-4-17)36(34,35)31-9-1-2-10-31/h3-8,15H,1-2,9-14,16H2. The first-order valence-electron chi connectivity index (χ1n) is 11.7. The highest BCUT2D eigenvalue weighted by molar-refractivity contribution is 7.89. The van der Waals surface area contributed by atoms with Crippen LogP contribution in [0.4, 0.5) is 8.78 Å². The third-order valence-corrected chi connectivity index (χ3v) is 8.42. The summed E-state index contributed by atoms with van der Waals surface area (Å²) in [5, 5.41) is 11.6. The molecule has 0 spiro atoms. The highest BCUT2D eigenvalue weighted by atomic mass is 32.2. The van der Waals surface area contributed by atoms with Gasteiger partial charge in [-0.15, -0.1) is 5.10 Å². The van der Waals surface area contributed by atoms with Gasteiger partial charge in [0.05, 0.1) is 17.1 Å². The van der Waals surface area contributed by atoms with E-state index >= 15 is 0 Å². The quantitative estimate of drug-likeness (QED) is 0.490. The number of nitrogens with zero attached hydrogens (tertiary/aromatic N) is 7. The van der Waals surface area contributed by atoms with E-state index in [1.807, 2.05) is 0 Å². The van der Waals surface area contributed by atoms with Crippen molar-refractivity contribution in [2.75, 3.05) is 39.3 Å². The van der Waals surface area contributed by atoms with Gasteiger partial charge in [-0.2, -0.15) is 8.99 Å². The molecular formula is C23H25F2N7O3S. The third-order valence-electron chi connectivity index (χ3n) is 6.51. The number of hydrogen-bond donors (Lipinski definition) is 0. The van der Waals surface area contributed by atoms with Crippen molar-refractivity contribution in [3.05, 3.63) is 65.5 Å². The summed E-state index contributed by atoms with van der Waals surface area (Å²) in [6.45, 7) is 3.51. The predicted octanol–water partition coefficient (Wildman–Crippen LogP) is 1.68. The molecule has 36 heavy (non-hydrogen) atoms. The fraction of sp³-hybridized carbons (Fsp3) is 0.391. The van der Waals surface area contributed by atoms with Gasteiger partial charge < -0.3 is 4.90 Å². The number of carbonyl (C=O) groups excluding carboxylic acids is 1. The minimum absolute atomic E-state index is 0.161. The number of amides is 1. The Balaban J connectivity index is 1.19. The number of halogens is 2. The van der Waals surface area contributed by atoms with Crippen molar-refractivity contribution < 1.29 is 22.0 Å². The smallest absolute Gasteiger partial charge is 0.253 e. The Morgan fingerprint density at radius 1 is 0.889 bits per heavy atom. The van der Waals surface area contributed by atoms with E-state index in [4.69, 9.17) is 0 Å². The Hall–Kier alpha value is -3.29. The maximum atomic E-state index is 13.6. The average Bonchev–Trinajstić information content (AvgIpc) is 3.59. The summed E-state index contributed by atoms with van der Waals surface area (Å²) >= 11 is 0. The van der Waals surface area contributed by atoms with Crippen LogP contribution in [0.3, 0.4) is 0 Å². The maximum absolute atomic E-state index is 13.6. The Bertz CT molecular complexity index is 1350. The number of tetrazole rings is 1. The van der Waals surface area contributed by atoms with E-state index in [1.165, 1.54) is 27.2 Å². The van der Waals surface area contributed by atoms with Crippen molar-refractivity contribution >= 4 is 15.9 Å². The van der Waals surface area contributed by atoms with Crippen LogP contribution in [0.15, 0.2) is 47.4 Å². The van der Waals surface area contributed by atoms with Crippen molar-refractivity contribution in [1.82, 2.24) is 34.3 Å². The summed E-state index contributed by atoms with van der Waals surface area (Å²) in [5.74, 6) is -1.62. The summed E-state index contributed by atoms with van der Waals surface area (Å²) in [7, 11) is -3.52. The molecule has 3 heterocycles. The molecule has 2 aromatic carbocycles. The molecule has 0 radical (unpaired) electrons. The van der Waals surface area contributed by atoms with Crippen LogP contribution in [0.2, 0.25) is 0 Å². The number of rotatable bonds is 6. The third kappa shape index (κ3) is 4.86. The van der Waals surface area contributed by atoms with Crippen molar-refractivity contribution in [2.24, 2.45) is 0 Å². The molecule has 13 heteroatoms. The van der Waals surface area contributed by atoms with Gasteiger partial charge in [0, 0.05) is 50.9 Å². The molecule has 0 unspecified atom stereocenters. The van der Waals surface area contributed by atoms with Gasteiger partial charge in [-0.1, -0.05) is 0 Å². The van der Waals surface area contributed by atoms with Gasteiger partial charge in [-0.05, 0) is 59.7 Å². The molecule has 0 saturated carbocycles. The van der Waals surface area contributed by atoms with Crippen LogP contribution < -0.4 is 0 Å². The first-order valence-corrected chi connectivity index (χ1v) is 13.1. The van der Waals surface area contributed by atoms with Crippen LogP contribution in [0.5, 0.6) is 0 Å². The van der Waals surface area contributed by atoms with E-state index in [0.717, 1.165) is 25.0 Å². The fourth-order valence-corrected chi connectivity index (χ4v) is 5.98. The van der Waals surface area contributed by atoms with Gasteiger partial charge in [0.1, 0.15) is 0 Å².